The Labute approximate surface area is 137 Å². The molecule has 0 bridgehead atoms. The van der Waals surface area contributed by atoms with E-state index in [9.17, 15) is 0 Å². The standard InChI is InChI=1S/C18H24N4O/c1-14-6-4-5-7-16(14)15(2)21(3)17-12-18(20-13-19-17)22-8-10-23-11-9-22/h4-7,12-13,15H,8-11H2,1-3H3. The summed E-state index contributed by atoms with van der Waals surface area (Å²) in [5, 5.41) is 0. The molecule has 1 aromatic heterocycles. The van der Waals surface area contributed by atoms with Crippen LogP contribution < -0.4 is 9.80 Å². The number of rotatable bonds is 4. The van der Waals surface area contributed by atoms with Crippen LogP contribution in [-0.2, 0) is 4.74 Å². The van der Waals surface area contributed by atoms with E-state index in [0.29, 0.717) is 0 Å². The summed E-state index contributed by atoms with van der Waals surface area (Å²) < 4.78 is 5.41. The highest BCUT2D eigenvalue weighted by atomic mass is 16.5. The van der Waals surface area contributed by atoms with E-state index < -0.39 is 0 Å². The minimum absolute atomic E-state index is 0.253. The van der Waals surface area contributed by atoms with E-state index in [2.05, 4.69) is 71.0 Å². The van der Waals surface area contributed by atoms with Gasteiger partial charge in [-0.1, -0.05) is 24.3 Å². The van der Waals surface area contributed by atoms with Gasteiger partial charge in [0.15, 0.2) is 0 Å². The number of aromatic nitrogens is 2. The first-order chi connectivity index (χ1) is 11.2. The predicted molar refractivity (Wildman–Crippen MR) is 93.1 cm³/mol. The largest absolute Gasteiger partial charge is 0.378 e. The van der Waals surface area contributed by atoms with Gasteiger partial charge in [-0.05, 0) is 25.0 Å². The van der Waals surface area contributed by atoms with Crippen LogP contribution in [0.5, 0.6) is 0 Å². The van der Waals surface area contributed by atoms with Gasteiger partial charge in [-0.2, -0.15) is 0 Å². The second-order valence-electron chi connectivity index (χ2n) is 5.98. The van der Waals surface area contributed by atoms with Gasteiger partial charge in [0.2, 0.25) is 0 Å². The molecule has 1 fully saturated rings. The molecule has 23 heavy (non-hydrogen) atoms. The number of hydrogen-bond donors (Lipinski definition) is 0. The van der Waals surface area contributed by atoms with Crippen LogP contribution in [0.15, 0.2) is 36.7 Å². The lowest BCUT2D eigenvalue weighted by molar-refractivity contribution is 0.122. The minimum Gasteiger partial charge on any atom is -0.378 e. The van der Waals surface area contributed by atoms with Gasteiger partial charge in [-0.15, -0.1) is 0 Å². The van der Waals surface area contributed by atoms with Crippen LogP contribution in [0.3, 0.4) is 0 Å². The van der Waals surface area contributed by atoms with E-state index in [1.807, 2.05) is 0 Å². The molecular weight excluding hydrogens is 288 g/mol. The molecule has 122 valence electrons. The third-order valence-electron chi connectivity index (χ3n) is 4.55. The van der Waals surface area contributed by atoms with Gasteiger partial charge in [0, 0.05) is 26.2 Å². The number of aryl methyl sites for hydroxylation is 1. The molecule has 1 unspecified atom stereocenters. The molecule has 1 aromatic carbocycles. The molecule has 0 spiro atoms. The molecule has 0 radical (unpaired) electrons. The fourth-order valence-corrected chi connectivity index (χ4v) is 2.96. The van der Waals surface area contributed by atoms with Crippen molar-refractivity contribution in [2.75, 3.05) is 43.2 Å². The zero-order valence-corrected chi connectivity index (χ0v) is 14.1. The van der Waals surface area contributed by atoms with Crippen LogP contribution in [0.2, 0.25) is 0 Å². The molecule has 2 aromatic rings. The second kappa shape index (κ2) is 6.96. The minimum atomic E-state index is 0.253. The van der Waals surface area contributed by atoms with E-state index in [1.165, 1.54) is 11.1 Å². The Bertz CT molecular complexity index is 655. The highest BCUT2D eigenvalue weighted by molar-refractivity contribution is 5.51. The highest BCUT2D eigenvalue weighted by Crippen LogP contribution is 2.27. The van der Waals surface area contributed by atoms with Crippen molar-refractivity contribution in [2.24, 2.45) is 0 Å². The summed E-state index contributed by atoms with van der Waals surface area (Å²) >= 11 is 0. The van der Waals surface area contributed by atoms with Crippen LogP contribution in [0.1, 0.15) is 24.1 Å². The number of hydrogen-bond acceptors (Lipinski definition) is 5. The number of benzene rings is 1. The number of nitrogens with zero attached hydrogens (tertiary/aromatic N) is 4. The summed E-state index contributed by atoms with van der Waals surface area (Å²) in [6.45, 7) is 7.64. The number of ether oxygens (including phenoxy) is 1. The van der Waals surface area contributed by atoms with E-state index in [1.54, 1.807) is 6.33 Å². The van der Waals surface area contributed by atoms with Crippen LogP contribution in [-0.4, -0.2) is 43.3 Å². The third kappa shape index (κ3) is 3.45. The van der Waals surface area contributed by atoms with E-state index in [4.69, 9.17) is 4.74 Å². The van der Waals surface area contributed by atoms with Crippen molar-refractivity contribution in [3.63, 3.8) is 0 Å². The second-order valence-corrected chi connectivity index (χ2v) is 5.98. The van der Waals surface area contributed by atoms with Crippen molar-refractivity contribution < 1.29 is 4.74 Å². The lowest BCUT2D eigenvalue weighted by Gasteiger charge is -2.30. The predicted octanol–water partition coefficient (Wildman–Crippen LogP) is 2.82. The summed E-state index contributed by atoms with van der Waals surface area (Å²) in [7, 11) is 2.09. The van der Waals surface area contributed by atoms with E-state index in [-0.39, 0.29) is 6.04 Å². The van der Waals surface area contributed by atoms with Gasteiger partial charge in [0.25, 0.3) is 0 Å². The van der Waals surface area contributed by atoms with Crippen LogP contribution >= 0.6 is 0 Å². The SMILES string of the molecule is Cc1ccccc1C(C)N(C)c1cc(N2CCOCC2)ncn1. The monoisotopic (exact) mass is 312 g/mol. The van der Waals surface area contributed by atoms with Crippen molar-refractivity contribution >= 4 is 11.6 Å². The topological polar surface area (TPSA) is 41.5 Å². The Morgan fingerprint density at radius 2 is 1.91 bits per heavy atom. The average molecular weight is 312 g/mol. The molecule has 5 nitrogen and oxygen atoms in total. The highest BCUT2D eigenvalue weighted by Gasteiger charge is 2.18. The maximum Gasteiger partial charge on any atom is 0.134 e. The maximum absolute atomic E-state index is 5.41. The fraction of sp³-hybridized carbons (Fsp3) is 0.444. The third-order valence-corrected chi connectivity index (χ3v) is 4.55. The van der Waals surface area contributed by atoms with Crippen molar-refractivity contribution in [3.05, 3.63) is 47.8 Å². The zero-order valence-electron chi connectivity index (χ0n) is 14.1. The Morgan fingerprint density at radius 1 is 1.17 bits per heavy atom. The summed E-state index contributed by atoms with van der Waals surface area (Å²) in [6.07, 6.45) is 1.65. The summed E-state index contributed by atoms with van der Waals surface area (Å²) in [5.74, 6) is 1.92. The molecule has 0 amide bonds. The lowest BCUT2D eigenvalue weighted by atomic mass is 10.0. The van der Waals surface area contributed by atoms with Crippen molar-refractivity contribution in [1.82, 2.24) is 9.97 Å². The molecule has 1 saturated heterocycles. The maximum atomic E-state index is 5.41. The Morgan fingerprint density at radius 3 is 2.65 bits per heavy atom. The lowest BCUT2D eigenvalue weighted by Crippen LogP contribution is -2.37. The van der Waals surface area contributed by atoms with Gasteiger partial charge >= 0.3 is 0 Å². The first-order valence-electron chi connectivity index (χ1n) is 8.10. The normalized spacial score (nSPS) is 16.2. The molecule has 0 saturated carbocycles. The summed E-state index contributed by atoms with van der Waals surface area (Å²) in [5.41, 5.74) is 2.62. The molecule has 1 atom stereocenters. The van der Waals surface area contributed by atoms with Crippen molar-refractivity contribution in [2.45, 2.75) is 19.9 Å². The molecule has 1 aliphatic rings. The average Bonchev–Trinajstić information content (AvgIpc) is 2.62. The van der Waals surface area contributed by atoms with Crippen LogP contribution in [0, 0.1) is 6.92 Å². The van der Waals surface area contributed by atoms with Gasteiger partial charge in [0.1, 0.15) is 18.0 Å². The Balaban J connectivity index is 1.82. The Kier molecular flexibility index (Phi) is 4.76. The van der Waals surface area contributed by atoms with E-state index in [0.717, 1.165) is 37.9 Å². The fourth-order valence-electron chi connectivity index (χ4n) is 2.96. The Hall–Kier alpha value is -2.14. The van der Waals surface area contributed by atoms with Crippen LogP contribution in [0.25, 0.3) is 0 Å². The van der Waals surface area contributed by atoms with E-state index >= 15 is 0 Å². The number of anilines is 2. The molecular formula is C18H24N4O. The van der Waals surface area contributed by atoms with Crippen molar-refractivity contribution in [3.8, 4) is 0 Å². The van der Waals surface area contributed by atoms with Crippen LogP contribution in [0.4, 0.5) is 11.6 Å². The first-order valence-corrected chi connectivity index (χ1v) is 8.10. The zero-order chi connectivity index (χ0) is 16.2. The van der Waals surface area contributed by atoms with Gasteiger partial charge < -0.3 is 14.5 Å². The smallest absolute Gasteiger partial charge is 0.134 e. The quantitative estimate of drug-likeness (QED) is 0.868. The summed E-state index contributed by atoms with van der Waals surface area (Å²) in [4.78, 5) is 13.3. The van der Waals surface area contributed by atoms with Gasteiger partial charge in [0.05, 0.1) is 19.3 Å². The molecule has 2 heterocycles. The molecule has 0 N–H and O–H groups in total. The molecule has 5 heteroatoms. The molecule has 3 rings (SSSR count). The van der Waals surface area contributed by atoms with Gasteiger partial charge in [-0.3, -0.25) is 0 Å². The van der Waals surface area contributed by atoms with Gasteiger partial charge in [-0.25, -0.2) is 9.97 Å². The molecule has 1 aliphatic heterocycles. The molecule has 0 aliphatic carbocycles. The number of morpholine rings is 1. The first kappa shape index (κ1) is 15.7. The summed E-state index contributed by atoms with van der Waals surface area (Å²) in [6, 6.07) is 10.8. The van der Waals surface area contributed by atoms with Crippen molar-refractivity contribution in [1.29, 1.82) is 0 Å².